The van der Waals surface area contributed by atoms with Crippen molar-refractivity contribution in [3.05, 3.63) is 35.4 Å². The fourth-order valence-electron chi connectivity index (χ4n) is 1.43. The van der Waals surface area contributed by atoms with Crippen molar-refractivity contribution >= 4 is 0 Å². The summed E-state index contributed by atoms with van der Waals surface area (Å²) in [5, 5.41) is 0. The standard InChI is InChI=1S/C12H15F3/c1-9-5-4-6-10(7-9)8-11(2,3)12(13,14)15/h4-7H,8H2,1-3H3. The lowest BCUT2D eigenvalue weighted by Gasteiger charge is -2.27. The Labute approximate surface area is 88.1 Å². The molecule has 84 valence electrons. The molecule has 1 aromatic carbocycles. The van der Waals surface area contributed by atoms with E-state index < -0.39 is 11.6 Å². The average Bonchev–Trinajstić information content (AvgIpc) is 2.00. The van der Waals surface area contributed by atoms with Crippen molar-refractivity contribution in [3.63, 3.8) is 0 Å². The van der Waals surface area contributed by atoms with Crippen LogP contribution in [0.5, 0.6) is 0 Å². The van der Waals surface area contributed by atoms with Crippen LogP contribution in [-0.2, 0) is 6.42 Å². The van der Waals surface area contributed by atoms with E-state index >= 15 is 0 Å². The first-order chi connectivity index (χ1) is 6.72. The van der Waals surface area contributed by atoms with E-state index in [1.54, 1.807) is 18.2 Å². The summed E-state index contributed by atoms with van der Waals surface area (Å²) in [6, 6.07) is 7.20. The molecular weight excluding hydrogens is 201 g/mol. The zero-order valence-electron chi connectivity index (χ0n) is 9.15. The van der Waals surface area contributed by atoms with Gasteiger partial charge in [0.2, 0.25) is 0 Å². The van der Waals surface area contributed by atoms with E-state index in [0.717, 1.165) is 11.1 Å². The van der Waals surface area contributed by atoms with E-state index in [-0.39, 0.29) is 6.42 Å². The highest BCUT2D eigenvalue weighted by atomic mass is 19.4. The predicted octanol–water partition coefficient (Wildman–Crippen LogP) is 4.13. The molecule has 0 N–H and O–H groups in total. The number of benzene rings is 1. The molecule has 0 spiro atoms. The monoisotopic (exact) mass is 216 g/mol. The van der Waals surface area contributed by atoms with Gasteiger partial charge in [0.05, 0.1) is 5.41 Å². The fraction of sp³-hybridized carbons (Fsp3) is 0.500. The Morgan fingerprint density at radius 3 is 2.20 bits per heavy atom. The number of alkyl halides is 3. The number of aryl methyl sites for hydroxylation is 1. The van der Waals surface area contributed by atoms with Crippen molar-refractivity contribution in [2.24, 2.45) is 5.41 Å². The summed E-state index contributed by atoms with van der Waals surface area (Å²) in [5.41, 5.74) is 0.0589. The molecule has 0 aliphatic heterocycles. The first kappa shape index (κ1) is 12.1. The van der Waals surface area contributed by atoms with Gasteiger partial charge in [0.1, 0.15) is 0 Å². The van der Waals surface area contributed by atoms with E-state index in [4.69, 9.17) is 0 Å². The van der Waals surface area contributed by atoms with Crippen LogP contribution in [0.2, 0.25) is 0 Å². The number of hydrogen-bond donors (Lipinski definition) is 0. The molecule has 0 fully saturated rings. The van der Waals surface area contributed by atoms with Crippen molar-refractivity contribution in [2.45, 2.75) is 33.4 Å². The quantitative estimate of drug-likeness (QED) is 0.697. The van der Waals surface area contributed by atoms with Crippen LogP contribution in [0.3, 0.4) is 0 Å². The molecule has 0 radical (unpaired) electrons. The van der Waals surface area contributed by atoms with Gasteiger partial charge in [0.15, 0.2) is 0 Å². The molecule has 0 aliphatic carbocycles. The van der Waals surface area contributed by atoms with Crippen LogP contribution >= 0.6 is 0 Å². The minimum Gasteiger partial charge on any atom is -0.171 e. The molecule has 0 amide bonds. The smallest absolute Gasteiger partial charge is 0.171 e. The normalized spacial score (nSPS) is 12.9. The fourth-order valence-corrected chi connectivity index (χ4v) is 1.43. The Morgan fingerprint density at radius 1 is 1.13 bits per heavy atom. The summed E-state index contributed by atoms with van der Waals surface area (Å²) in [7, 11) is 0. The van der Waals surface area contributed by atoms with E-state index in [9.17, 15) is 13.2 Å². The van der Waals surface area contributed by atoms with Gasteiger partial charge in [-0.1, -0.05) is 43.7 Å². The Balaban J connectivity index is 2.87. The molecule has 1 aromatic rings. The summed E-state index contributed by atoms with van der Waals surface area (Å²) in [6.07, 6.45) is -4.13. The summed E-state index contributed by atoms with van der Waals surface area (Å²) in [6.45, 7) is 4.34. The second-order valence-corrected chi connectivity index (χ2v) is 4.55. The lowest BCUT2D eigenvalue weighted by Crippen LogP contribution is -2.34. The molecule has 0 atom stereocenters. The van der Waals surface area contributed by atoms with Crippen LogP contribution in [0.15, 0.2) is 24.3 Å². The number of rotatable bonds is 2. The van der Waals surface area contributed by atoms with E-state index in [0.29, 0.717) is 0 Å². The summed E-state index contributed by atoms with van der Waals surface area (Å²) >= 11 is 0. The van der Waals surface area contributed by atoms with Crippen LogP contribution < -0.4 is 0 Å². The third-order valence-corrected chi connectivity index (χ3v) is 2.50. The van der Waals surface area contributed by atoms with Crippen LogP contribution in [-0.4, -0.2) is 6.18 Å². The molecule has 1 rings (SSSR count). The maximum Gasteiger partial charge on any atom is 0.394 e. The van der Waals surface area contributed by atoms with Crippen LogP contribution in [0, 0.1) is 12.3 Å². The van der Waals surface area contributed by atoms with E-state index in [2.05, 4.69) is 0 Å². The zero-order valence-corrected chi connectivity index (χ0v) is 9.15. The highest BCUT2D eigenvalue weighted by Gasteiger charge is 2.46. The lowest BCUT2D eigenvalue weighted by molar-refractivity contribution is -0.211. The first-order valence-corrected chi connectivity index (χ1v) is 4.85. The molecule has 0 bridgehead atoms. The maximum absolute atomic E-state index is 12.6. The maximum atomic E-state index is 12.6. The van der Waals surface area contributed by atoms with Gasteiger partial charge in [-0.05, 0) is 18.9 Å². The van der Waals surface area contributed by atoms with Crippen molar-refractivity contribution in [2.75, 3.05) is 0 Å². The second kappa shape index (κ2) is 3.87. The Kier molecular flexibility index (Phi) is 3.12. The molecule has 15 heavy (non-hydrogen) atoms. The highest BCUT2D eigenvalue weighted by molar-refractivity contribution is 5.23. The van der Waals surface area contributed by atoms with Gasteiger partial charge in [-0.15, -0.1) is 0 Å². The minimum atomic E-state index is -4.16. The largest absolute Gasteiger partial charge is 0.394 e. The van der Waals surface area contributed by atoms with Gasteiger partial charge >= 0.3 is 6.18 Å². The van der Waals surface area contributed by atoms with Crippen LogP contribution in [0.1, 0.15) is 25.0 Å². The molecular formula is C12H15F3. The molecule has 0 aliphatic rings. The molecule has 0 saturated heterocycles. The van der Waals surface area contributed by atoms with Gasteiger partial charge < -0.3 is 0 Å². The Morgan fingerprint density at radius 2 is 1.73 bits per heavy atom. The minimum absolute atomic E-state index is 0.0260. The molecule has 0 heterocycles. The van der Waals surface area contributed by atoms with Gasteiger partial charge in [0.25, 0.3) is 0 Å². The van der Waals surface area contributed by atoms with E-state index in [1.165, 1.54) is 13.8 Å². The number of halogens is 3. The Bertz CT molecular complexity index is 337. The molecule has 0 saturated carbocycles. The van der Waals surface area contributed by atoms with Crippen LogP contribution in [0.25, 0.3) is 0 Å². The predicted molar refractivity (Wildman–Crippen MR) is 54.7 cm³/mol. The summed E-state index contributed by atoms with van der Waals surface area (Å²) < 4.78 is 37.9. The topological polar surface area (TPSA) is 0 Å². The van der Waals surface area contributed by atoms with E-state index in [1.807, 2.05) is 13.0 Å². The van der Waals surface area contributed by atoms with Crippen LogP contribution in [0.4, 0.5) is 13.2 Å². The average molecular weight is 216 g/mol. The molecule has 3 heteroatoms. The molecule has 0 nitrogen and oxygen atoms in total. The van der Waals surface area contributed by atoms with Crippen molar-refractivity contribution in [1.29, 1.82) is 0 Å². The van der Waals surface area contributed by atoms with Gasteiger partial charge in [-0.2, -0.15) is 13.2 Å². The lowest BCUT2D eigenvalue weighted by atomic mass is 9.85. The first-order valence-electron chi connectivity index (χ1n) is 4.85. The Hall–Kier alpha value is -0.990. The summed E-state index contributed by atoms with van der Waals surface area (Å²) in [5.74, 6) is 0. The van der Waals surface area contributed by atoms with Gasteiger partial charge in [-0.25, -0.2) is 0 Å². The van der Waals surface area contributed by atoms with Crippen molar-refractivity contribution in [1.82, 2.24) is 0 Å². The highest BCUT2D eigenvalue weighted by Crippen LogP contribution is 2.40. The SMILES string of the molecule is Cc1cccc(CC(C)(C)C(F)(F)F)c1. The molecule has 0 unspecified atom stereocenters. The second-order valence-electron chi connectivity index (χ2n) is 4.55. The zero-order chi connectivity index (χ0) is 11.7. The third-order valence-electron chi connectivity index (χ3n) is 2.50. The van der Waals surface area contributed by atoms with Crippen molar-refractivity contribution in [3.8, 4) is 0 Å². The van der Waals surface area contributed by atoms with Crippen molar-refractivity contribution < 1.29 is 13.2 Å². The number of hydrogen-bond acceptors (Lipinski definition) is 0. The molecule has 0 aromatic heterocycles. The van der Waals surface area contributed by atoms with Gasteiger partial charge in [-0.3, -0.25) is 0 Å². The summed E-state index contributed by atoms with van der Waals surface area (Å²) in [4.78, 5) is 0. The third kappa shape index (κ3) is 2.98. The van der Waals surface area contributed by atoms with Gasteiger partial charge in [0, 0.05) is 0 Å².